The van der Waals surface area contributed by atoms with Crippen molar-refractivity contribution in [1.82, 2.24) is 5.32 Å². The zero-order valence-corrected chi connectivity index (χ0v) is 11.0. The topological polar surface area (TPSA) is 38.3 Å². The summed E-state index contributed by atoms with van der Waals surface area (Å²) in [5.41, 5.74) is -0.536. The fourth-order valence-corrected chi connectivity index (χ4v) is 1.98. The molecule has 1 amide bonds. The van der Waals surface area contributed by atoms with Gasteiger partial charge >= 0.3 is 12.3 Å². The zero-order valence-electron chi connectivity index (χ0n) is 9.46. The van der Waals surface area contributed by atoms with Crippen molar-refractivity contribution < 1.29 is 22.7 Å². The van der Waals surface area contributed by atoms with Crippen LogP contribution in [-0.4, -0.2) is 12.7 Å². The van der Waals surface area contributed by atoms with E-state index in [0.717, 1.165) is 6.07 Å². The van der Waals surface area contributed by atoms with Crippen LogP contribution in [0.15, 0.2) is 18.2 Å². The van der Waals surface area contributed by atoms with Crippen molar-refractivity contribution in [2.45, 2.75) is 18.6 Å². The van der Waals surface area contributed by atoms with Gasteiger partial charge in [-0.3, -0.25) is 0 Å². The predicted octanol–water partition coefficient (Wildman–Crippen LogP) is 3.95. The molecule has 0 spiro atoms. The molecule has 8 heteroatoms. The molecular weight excluding hydrogens is 306 g/mol. The molecule has 0 bridgehead atoms. The van der Waals surface area contributed by atoms with Gasteiger partial charge in [-0.15, -0.1) is 12.4 Å². The third-order valence-electron chi connectivity index (χ3n) is 2.63. The monoisotopic (exact) mass is 315 g/mol. The molecule has 1 N–H and O–H groups in total. The number of ether oxygens (including phenoxy) is 1. The van der Waals surface area contributed by atoms with Crippen LogP contribution in [0.25, 0.3) is 0 Å². The molecule has 1 aromatic rings. The number of cyclic esters (lactones) is 1. The summed E-state index contributed by atoms with van der Waals surface area (Å²) in [5.74, 6) is 0. The second-order valence-electron chi connectivity index (χ2n) is 3.86. The maximum Gasteiger partial charge on any atom is 0.417 e. The number of nitrogens with one attached hydrogen (secondary N) is 1. The van der Waals surface area contributed by atoms with Gasteiger partial charge in [-0.1, -0.05) is 17.7 Å². The molecule has 2 rings (SSSR count). The Morgan fingerprint density at radius 3 is 2.63 bits per heavy atom. The maximum atomic E-state index is 12.7. The Balaban J connectivity index is 0.00000180. The Kier molecular flexibility index (Phi) is 4.92. The lowest BCUT2D eigenvalue weighted by molar-refractivity contribution is -0.137. The number of halogens is 5. The maximum absolute atomic E-state index is 12.7. The minimum Gasteiger partial charge on any atom is -0.449 e. The van der Waals surface area contributed by atoms with Crippen molar-refractivity contribution in [3.63, 3.8) is 0 Å². The van der Waals surface area contributed by atoms with Crippen molar-refractivity contribution in [1.29, 1.82) is 0 Å². The largest absolute Gasteiger partial charge is 0.449 e. The van der Waals surface area contributed by atoms with Crippen LogP contribution in [0.5, 0.6) is 0 Å². The van der Waals surface area contributed by atoms with Crippen LogP contribution in [-0.2, 0) is 10.9 Å². The molecule has 0 radical (unpaired) electrons. The van der Waals surface area contributed by atoms with Gasteiger partial charge in [-0.2, -0.15) is 13.2 Å². The number of hydrogen-bond donors (Lipinski definition) is 1. The van der Waals surface area contributed by atoms with Crippen molar-refractivity contribution in [3.8, 4) is 0 Å². The molecule has 1 atom stereocenters. The van der Waals surface area contributed by atoms with E-state index >= 15 is 0 Å². The molecule has 0 saturated carbocycles. The molecule has 0 aliphatic carbocycles. The van der Waals surface area contributed by atoms with E-state index in [9.17, 15) is 18.0 Å². The lowest BCUT2D eigenvalue weighted by Crippen LogP contribution is -2.35. The van der Waals surface area contributed by atoms with E-state index < -0.39 is 23.9 Å². The summed E-state index contributed by atoms with van der Waals surface area (Å²) in [6.07, 6.45) is -4.72. The number of benzene rings is 1. The normalized spacial score (nSPS) is 19.2. The number of hydrogen-bond acceptors (Lipinski definition) is 2. The lowest BCUT2D eigenvalue weighted by Gasteiger charge is -2.24. The number of carbonyl (C=O) groups excluding carboxylic acids is 1. The van der Waals surface area contributed by atoms with Gasteiger partial charge in [-0.05, 0) is 17.7 Å². The molecule has 106 valence electrons. The first-order valence-electron chi connectivity index (χ1n) is 5.18. The summed E-state index contributed by atoms with van der Waals surface area (Å²) < 4.78 is 42.7. The SMILES string of the molecule is Cl.O=C1N[C@H](c2ccc(Cl)c(C(F)(F)F)c2)CCO1. The molecular formula is C11H10Cl2F3NO2. The lowest BCUT2D eigenvalue weighted by atomic mass is 10.0. The third kappa shape index (κ3) is 3.67. The van der Waals surface area contributed by atoms with Crippen LogP contribution >= 0.6 is 24.0 Å². The molecule has 19 heavy (non-hydrogen) atoms. The van der Waals surface area contributed by atoms with Crippen LogP contribution in [0, 0.1) is 0 Å². The Labute approximate surface area is 118 Å². The van der Waals surface area contributed by atoms with Crippen molar-refractivity contribution >= 4 is 30.1 Å². The average Bonchev–Trinajstić information content (AvgIpc) is 2.28. The highest BCUT2D eigenvalue weighted by Crippen LogP contribution is 2.36. The minimum atomic E-state index is -4.51. The van der Waals surface area contributed by atoms with Gasteiger partial charge in [0.15, 0.2) is 0 Å². The van der Waals surface area contributed by atoms with Crippen LogP contribution in [0.1, 0.15) is 23.6 Å². The molecule has 1 heterocycles. The number of alkyl carbamates (subject to hydrolysis) is 1. The Hall–Kier alpha value is -1.14. The predicted molar refractivity (Wildman–Crippen MR) is 65.5 cm³/mol. The fourth-order valence-electron chi connectivity index (χ4n) is 1.75. The first-order valence-corrected chi connectivity index (χ1v) is 5.55. The van der Waals surface area contributed by atoms with Crippen LogP contribution in [0.2, 0.25) is 5.02 Å². The highest BCUT2D eigenvalue weighted by Gasteiger charge is 2.34. The molecule has 1 fully saturated rings. The highest BCUT2D eigenvalue weighted by molar-refractivity contribution is 6.31. The molecule has 3 nitrogen and oxygen atoms in total. The Morgan fingerprint density at radius 1 is 1.37 bits per heavy atom. The number of rotatable bonds is 1. The summed E-state index contributed by atoms with van der Waals surface area (Å²) >= 11 is 5.52. The van der Waals surface area contributed by atoms with Gasteiger partial charge < -0.3 is 10.1 Å². The molecule has 0 unspecified atom stereocenters. The van der Waals surface area contributed by atoms with Crippen molar-refractivity contribution in [3.05, 3.63) is 34.3 Å². The van der Waals surface area contributed by atoms with E-state index in [4.69, 9.17) is 11.6 Å². The highest BCUT2D eigenvalue weighted by atomic mass is 35.5. The van der Waals surface area contributed by atoms with Gasteiger partial charge in [0.05, 0.1) is 23.2 Å². The van der Waals surface area contributed by atoms with E-state index in [1.165, 1.54) is 12.1 Å². The molecule has 1 aromatic carbocycles. The van der Waals surface area contributed by atoms with Crippen LogP contribution in [0.4, 0.5) is 18.0 Å². The molecule has 0 aromatic heterocycles. The van der Waals surface area contributed by atoms with E-state index in [0.29, 0.717) is 12.0 Å². The van der Waals surface area contributed by atoms with Gasteiger partial charge in [0.1, 0.15) is 0 Å². The zero-order chi connectivity index (χ0) is 13.3. The standard InChI is InChI=1S/C11H9ClF3NO2.ClH/c12-8-2-1-6(5-7(8)11(13,14)15)9-3-4-18-10(17)16-9;/h1-2,5,9H,3-4H2,(H,16,17);1H/t9-;/m0./s1. The summed E-state index contributed by atoms with van der Waals surface area (Å²) in [6.45, 7) is 0.181. The van der Waals surface area contributed by atoms with Crippen molar-refractivity contribution in [2.75, 3.05) is 6.61 Å². The third-order valence-corrected chi connectivity index (χ3v) is 2.96. The Morgan fingerprint density at radius 2 is 2.05 bits per heavy atom. The second kappa shape index (κ2) is 5.88. The second-order valence-corrected chi connectivity index (χ2v) is 4.27. The molecule has 1 aliphatic heterocycles. The quantitative estimate of drug-likeness (QED) is 0.852. The van der Waals surface area contributed by atoms with E-state index in [1.54, 1.807) is 0 Å². The van der Waals surface area contributed by atoms with Gasteiger partial charge in [0.25, 0.3) is 0 Å². The van der Waals surface area contributed by atoms with Crippen LogP contribution in [0.3, 0.4) is 0 Å². The van der Waals surface area contributed by atoms with Crippen LogP contribution < -0.4 is 5.32 Å². The van der Waals surface area contributed by atoms with Gasteiger partial charge in [0.2, 0.25) is 0 Å². The first kappa shape index (κ1) is 15.9. The summed E-state index contributed by atoms with van der Waals surface area (Å²) in [6, 6.07) is 3.12. The van der Waals surface area contributed by atoms with E-state index in [1.807, 2.05) is 0 Å². The van der Waals surface area contributed by atoms with E-state index in [-0.39, 0.29) is 24.0 Å². The summed E-state index contributed by atoms with van der Waals surface area (Å²) in [4.78, 5) is 11.0. The van der Waals surface area contributed by atoms with Gasteiger partial charge in [0, 0.05) is 6.42 Å². The number of alkyl halides is 3. The van der Waals surface area contributed by atoms with Crippen molar-refractivity contribution in [2.24, 2.45) is 0 Å². The smallest absolute Gasteiger partial charge is 0.417 e. The average molecular weight is 316 g/mol. The number of amides is 1. The first-order chi connectivity index (χ1) is 8.38. The summed E-state index contributed by atoms with van der Waals surface area (Å²) in [5, 5.41) is 2.10. The molecule has 1 aliphatic rings. The van der Waals surface area contributed by atoms with E-state index in [2.05, 4.69) is 10.1 Å². The number of carbonyl (C=O) groups is 1. The molecule has 1 saturated heterocycles. The Bertz CT molecular complexity index is 479. The fraction of sp³-hybridized carbons (Fsp3) is 0.364. The summed E-state index contributed by atoms with van der Waals surface area (Å²) in [7, 11) is 0. The van der Waals surface area contributed by atoms with Gasteiger partial charge in [-0.25, -0.2) is 4.79 Å². The minimum absolute atomic E-state index is 0.